The van der Waals surface area contributed by atoms with E-state index in [0.29, 0.717) is 0 Å². The van der Waals surface area contributed by atoms with Crippen molar-refractivity contribution in [3.05, 3.63) is 0 Å². The molecule has 0 bridgehead atoms. The molecule has 1 fully saturated rings. The van der Waals surface area contributed by atoms with E-state index in [1.165, 1.54) is 0 Å². The maximum Gasteiger partial charge on any atom is 0.128 e. The van der Waals surface area contributed by atoms with Crippen LogP contribution in [0.15, 0.2) is 0 Å². The summed E-state index contributed by atoms with van der Waals surface area (Å²) >= 11 is 0. The molecule has 3 heteroatoms. The molecule has 0 saturated heterocycles. The number of hydroxylamine groups is 1. The number of aliphatic hydroxyl groups excluding tert-OH is 1. The summed E-state index contributed by atoms with van der Waals surface area (Å²) in [6.45, 7) is 0.253. The van der Waals surface area contributed by atoms with E-state index in [-0.39, 0.29) is 18.8 Å². The second-order valence-electron chi connectivity index (χ2n) is 2.72. The third kappa shape index (κ3) is 2.51. The van der Waals surface area contributed by atoms with Gasteiger partial charge in [-0.1, -0.05) is 5.92 Å². The first-order chi connectivity index (χ1) is 5.34. The van der Waals surface area contributed by atoms with E-state index in [4.69, 9.17) is 11.3 Å². The number of nitrogens with one attached hydrogen (secondary N) is 1. The van der Waals surface area contributed by atoms with Crippen LogP contribution in [0.25, 0.3) is 0 Å². The van der Waals surface area contributed by atoms with E-state index in [1.54, 1.807) is 0 Å². The number of aliphatic hydroxyl groups is 1. The summed E-state index contributed by atoms with van der Waals surface area (Å²) in [6, 6.07) is 0.0725. The van der Waals surface area contributed by atoms with Crippen LogP contribution in [0.4, 0.5) is 0 Å². The van der Waals surface area contributed by atoms with Gasteiger partial charge in [0.05, 0.1) is 12.1 Å². The molecule has 11 heavy (non-hydrogen) atoms. The van der Waals surface area contributed by atoms with Gasteiger partial charge in [0.2, 0.25) is 0 Å². The van der Waals surface area contributed by atoms with Crippen molar-refractivity contribution in [1.29, 1.82) is 0 Å². The van der Waals surface area contributed by atoms with Crippen LogP contribution in [0.3, 0.4) is 0 Å². The van der Waals surface area contributed by atoms with Crippen LogP contribution >= 0.6 is 0 Å². The van der Waals surface area contributed by atoms with Gasteiger partial charge in [-0.05, 0) is 19.3 Å². The average molecular weight is 155 g/mol. The summed E-state index contributed by atoms with van der Waals surface area (Å²) in [5.41, 5.74) is 2.74. The molecular formula is C8H13NO2. The maximum atomic E-state index is 9.29. The second kappa shape index (κ2) is 4.35. The van der Waals surface area contributed by atoms with Gasteiger partial charge in [-0.3, -0.25) is 4.84 Å². The van der Waals surface area contributed by atoms with Crippen LogP contribution in [-0.2, 0) is 4.84 Å². The zero-order valence-corrected chi connectivity index (χ0v) is 6.42. The van der Waals surface area contributed by atoms with Crippen molar-refractivity contribution in [2.45, 2.75) is 31.4 Å². The SMILES string of the molecule is C#CCONC1CCCC1O. The highest BCUT2D eigenvalue weighted by molar-refractivity contribution is 4.84. The summed E-state index contributed by atoms with van der Waals surface area (Å²) in [5.74, 6) is 2.34. The molecule has 0 heterocycles. The monoisotopic (exact) mass is 155 g/mol. The first kappa shape index (κ1) is 8.54. The predicted molar refractivity (Wildman–Crippen MR) is 41.6 cm³/mol. The quantitative estimate of drug-likeness (QED) is 0.344. The molecule has 1 aliphatic rings. The van der Waals surface area contributed by atoms with Gasteiger partial charge in [-0.25, -0.2) is 0 Å². The third-order valence-corrected chi connectivity index (χ3v) is 1.87. The summed E-state index contributed by atoms with van der Waals surface area (Å²) in [4.78, 5) is 4.89. The molecule has 0 amide bonds. The largest absolute Gasteiger partial charge is 0.391 e. The van der Waals surface area contributed by atoms with Gasteiger partial charge in [-0.15, -0.1) is 6.42 Å². The fourth-order valence-electron chi connectivity index (χ4n) is 1.27. The summed E-state index contributed by atoms with van der Waals surface area (Å²) in [6.07, 6.45) is 7.58. The molecule has 1 saturated carbocycles. The summed E-state index contributed by atoms with van der Waals surface area (Å²) in [5, 5.41) is 9.29. The molecular weight excluding hydrogens is 142 g/mol. The second-order valence-corrected chi connectivity index (χ2v) is 2.72. The number of rotatable bonds is 3. The van der Waals surface area contributed by atoms with Gasteiger partial charge < -0.3 is 5.11 Å². The lowest BCUT2D eigenvalue weighted by atomic mass is 10.2. The van der Waals surface area contributed by atoms with Crippen LogP contribution in [0.2, 0.25) is 0 Å². The number of hydrogen-bond donors (Lipinski definition) is 2. The highest BCUT2D eigenvalue weighted by Gasteiger charge is 2.24. The average Bonchev–Trinajstić information content (AvgIpc) is 2.37. The van der Waals surface area contributed by atoms with Crippen LogP contribution in [0.5, 0.6) is 0 Å². The van der Waals surface area contributed by atoms with Crippen molar-refractivity contribution < 1.29 is 9.94 Å². The van der Waals surface area contributed by atoms with E-state index < -0.39 is 0 Å². The molecule has 1 rings (SSSR count). The van der Waals surface area contributed by atoms with Crippen LogP contribution in [0, 0.1) is 12.3 Å². The minimum atomic E-state index is -0.271. The Bertz CT molecular complexity index is 153. The van der Waals surface area contributed by atoms with E-state index in [9.17, 15) is 5.11 Å². The highest BCUT2D eigenvalue weighted by Crippen LogP contribution is 2.18. The third-order valence-electron chi connectivity index (χ3n) is 1.87. The van der Waals surface area contributed by atoms with Crippen LogP contribution in [0.1, 0.15) is 19.3 Å². The Labute approximate surface area is 66.7 Å². The van der Waals surface area contributed by atoms with Crippen molar-refractivity contribution in [2.24, 2.45) is 0 Å². The Morgan fingerprint density at radius 3 is 3.00 bits per heavy atom. The Morgan fingerprint density at radius 1 is 1.64 bits per heavy atom. The lowest BCUT2D eigenvalue weighted by molar-refractivity contribution is 0.00342. The standard InChI is InChI=1S/C8H13NO2/c1-2-6-11-9-7-4-3-5-8(7)10/h1,7-10H,3-6H2. The molecule has 3 nitrogen and oxygen atoms in total. The first-order valence-corrected chi connectivity index (χ1v) is 3.83. The molecule has 1 aliphatic carbocycles. The number of terminal acetylenes is 1. The van der Waals surface area contributed by atoms with Crippen molar-refractivity contribution in [1.82, 2.24) is 5.48 Å². The molecule has 0 radical (unpaired) electrons. The minimum Gasteiger partial charge on any atom is -0.391 e. The van der Waals surface area contributed by atoms with Crippen molar-refractivity contribution in [3.8, 4) is 12.3 Å². The lowest BCUT2D eigenvalue weighted by Gasteiger charge is -2.14. The summed E-state index contributed by atoms with van der Waals surface area (Å²) in [7, 11) is 0. The maximum absolute atomic E-state index is 9.29. The Balaban J connectivity index is 2.11. The number of hydrogen-bond acceptors (Lipinski definition) is 3. The fourth-order valence-corrected chi connectivity index (χ4v) is 1.27. The molecule has 0 aromatic carbocycles. The molecule has 0 aromatic rings. The van der Waals surface area contributed by atoms with Gasteiger partial charge in [0.15, 0.2) is 0 Å². The minimum absolute atomic E-state index is 0.0725. The zero-order chi connectivity index (χ0) is 8.10. The fraction of sp³-hybridized carbons (Fsp3) is 0.750. The van der Waals surface area contributed by atoms with Gasteiger partial charge in [-0.2, -0.15) is 5.48 Å². The Morgan fingerprint density at radius 2 is 2.45 bits per heavy atom. The van der Waals surface area contributed by atoms with E-state index >= 15 is 0 Å². The van der Waals surface area contributed by atoms with Gasteiger partial charge >= 0.3 is 0 Å². The first-order valence-electron chi connectivity index (χ1n) is 3.83. The van der Waals surface area contributed by atoms with Crippen molar-refractivity contribution in [2.75, 3.05) is 6.61 Å². The molecule has 62 valence electrons. The molecule has 0 aromatic heterocycles. The zero-order valence-electron chi connectivity index (χ0n) is 6.42. The topological polar surface area (TPSA) is 41.5 Å². The van der Waals surface area contributed by atoms with Crippen LogP contribution in [-0.4, -0.2) is 23.9 Å². The van der Waals surface area contributed by atoms with E-state index in [2.05, 4.69) is 11.4 Å². The van der Waals surface area contributed by atoms with Gasteiger partial charge in [0, 0.05) is 0 Å². The molecule has 2 atom stereocenters. The van der Waals surface area contributed by atoms with E-state index in [1.807, 2.05) is 0 Å². The molecule has 2 N–H and O–H groups in total. The Hall–Kier alpha value is -0.560. The summed E-state index contributed by atoms with van der Waals surface area (Å²) < 4.78 is 0. The van der Waals surface area contributed by atoms with Gasteiger partial charge in [0.1, 0.15) is 6.61 Å². The Kier molecular flexibility index (Phi) is 3.37. The highest BCUT2D eigenvalue weighted by atomic mass is 16.6. The van der Waals surface area contributed by atoms with Crippen molar-refractivity contribution in [3.63, 3.8) is 0 Å². The molecule has 0 aliphatic heterocycles. The van der Waals surface area contributed by atoms with Crippen LogP contribution < -0.4 is 5.48 Å². The predicted octanol–water partition coefficient (Wildman–Crippen LogP) is 0.0542. The normalized spacial score (nSPS) is 30.2. The van der Waals surface area contributed by atoms with Crippen molar-refractivity contribution >= 4 is 0 Å². The smallest absolute Gasteiger partial charge is 0.128 e. The van der Waals surface area contributed by atoms with E-state index in [0.717, 1.165) is 19.3 Å². The lowest BCUT2D eigenvalue weighted by Crippen LogP contribution is -2.35. The molecule has 2 unspecified atom stereocenters. The molecule has 0 spiro atoms. The van der Waals surface area contributed by atoms with Gasteiger partial charge in [0.25, 0.3) is 0 Å².